The van der Waals surface area contributed by atoms with E-state index in [2.05, 4.69) is 22.5 Å². The predicted octanol–water partition coefficient (Wildman–Crippen LogP) is 0.111. The summed E-state index contributed by atoms with van der Waals surface area (Å²) in [5.74, 6) is -0.684. The number of imidazole rings is 1. The normalized spacial score (nSPS) is 24.4. The maximum absolute atomic E-state index is 12.8. The fraction of sp³-hybridized carbons (Fsp3) is 0.526. The highest BCUT2D eigenvalue weighted by Gasteiger charge is 2.31. The lowest BCUT2D eigenvalue weighted by Gasteiger charge is -2.31. The van der Waals surface area contributed by atoms with E-state index in [-0.39, 0.29) is 18.0 Å². The number of amides is 2. The van der Waals surface area contributed by atoms with Gasteiger partial charge in [-0.1, -0.05) is 6.07 Å². The highest BCUT2D eigenvalue weighted by Crippen LogP contribution is 2.24. The van der Waals surface area contributed by atoms with E-state index < -0.39 is 11.9 Å². The molecule has 8 heteroatoms. The average Bonchev–Trinajstić information content (AvgIpc) is 2.86. The van der Waals surface area contributed by atoms with Gasteiger partial charge in [-0.2, -0.15) is 0 Å². The molecule has 2 aliphatic heterocycles. The molecule has 1 aromatic heterocycles. The summed E-state index contributed by atoms with van der Waals surface area (Å²) in [4.78, 5) is 38.9. The number of hydrogen-bond acceptors (Lipinski definition) is 5. The summed E-state index contributed by atoms with van der Waals surface area (Å²) >= 11 is 0. The molecule has 2 atom stereocenters. The van der Waals surface area contributed by atoms with Crippen molar-refractivity contribution in [1.82, 2.24) is 24.7 Å². The molecule has 4 rings (SSSR count). The fourth-order valence-electron chi connectivity index (χ4n) is 4.15. The molecule has 1 aromatic carbocycles. The molecule has 0 aliphatic carbocycles. The third-order valence-electron chi connectivity index (χ3n) is 5.53. The number of rotatable bonds is 3. The summed E-state index contributed by atoms with van der Waals surface area (Å²) in [6.45, 7) is 5.99. The highest BCUT2D eigenvalue weighted by atomic mass is 16.2. The van der Waals surface area contributed by atoms with Crippen molar-refractivity contribution in [1.29, 1.82) is 0 Å². The number of hydrogen-bond donors (Lipinski definition) is 2. The molecule has 2 aromatic rings. The third-order valence-corrected chi connectivity index (χ3v) is 5.53. The number of benzene rings is 1. The summed E-state index contributed by atoms with van der Waals surface area (Å²) in [5, 5.41) is 5.78. The van der Waals surface area contributed by atoms with Gasteiger partial charge >= 0.3 is 5.69 Å². The van der Waals surface area contributed by atoms with Gasteiger partial charge in [-0.15, -0.1) is 0 Å². The average molecular weight is 371 g/mol. The Morgan fingerprint density at radius 2 is 2.00 bits per heavy atom. The molecule has 2 fully saturated rings. The molecule has 2 N–H and O–H groups in total. The summed E-state index contributed by atoms with van der Waals surface area (Å²) in [6, 6.07) is 5.81. The van der Waals surface area contributed by atoms with E-state index in [1.165, 1.54) is 4.57 Å². The number of aromatic nitrogens is 2. The number of carbonyl (C=O) groups excluding carboxylic acids is 2. The fourth-order valence-corrected chi connectivity index (χ4v) is 4.15. The Kier molecular flexibility index (Phi) is 4.61. The number of aryl methyl sites for hydroxylation is 1. The van der Waals surface area contributed by atoms with Crippen LogP contribution in [0.1, 0.15) is 31.4 Å². The van der Waals surface area contributed by atoms with Gasteiger partial charge in [-0.25, -0.2) is 4.79 Å². The number of piperazine rings is 1. The lowest BCUT2D eigenvalue weighted by atomic mass is 10.1. The number of carbonyl (C=O) groups is 2. The highest BCUT2D eigenvalue weighted by molar-refractivity contribution is 6.00. The summed E-state index contributed by atoms with van der Waals surface area (Å²) in [6.07, 6.45) is 0.600. The molecule has 8 nitrogen and oxygen atoms in total. The van der Waals surface area contributed by atoms with Crippen molar-refractivity contribution < 1.29 is 9.59 Å². The van der Waals surface area contributed by atoms with Crippen molar-refractivity contribution in [3.8, 4) is 0 Å². The Hall–Kier alpha value is -2.45. The largest absolute Gasteiger partial charge is 0.329 e. The van der Waals surface area contributed by atoms with E-state index in [0.717, 1.165) is 42.8 Å². The van der Waals surface area contributed by atoms with Gasteiger partial charge in [0.2, 0.25) is 11.8 Å². The number of fused-ring (bicyclic) bond motifs is 1. The molecule has 3 heterocycles. The first-order valence-corrected chi connectivity index (χ1v) is 9.43. The van der Waals surface area contributed by atoms with Crippen molar-refractivity contribution in [3.63, 3.8) is 0 Å². The van der Waals surface area contributed by atoms with Gasteiger partial charge in [0, 0.05) is 45.7 Å². The summed E-state index contributed by atoms with van der Waals surface area (Å²) < 4.78 is 3.11. The number of piperidine rings is 1. The van der Waals surface area contributed by atoms with Gasteiger partial charge in [0.25, 0.3) is 0 Å². The van der Waals surface area contributed by atoms with Gasteiger partial charge < -0.3 is 5.32 Å². The first-order valence-electron chi connectivity index (χ1n) is 9.43. The first kappa shape index (κ1) is 17.9. The summed E-state index contributed by atoms with van der Waals surface area (Å²) in [7, 11) is 1.73. The molecule has 2 amide bonds. The zero-order valence-corrected chi connectivity index (χ0v) is 15.7. The van der Waals surface area contributed by atoms with E-state index in [4.69, 9.17) is 0 Å². The van der Waals surface area contributed by atoms with Gasteiger partial charge in [0.15, 0.2) is 0 Å². The molecule has 0 radical (unpaired) electrons. The quantitative estimate of drug-likeness (QED) is 0.748. The van der Waals surface area contributed by atoms with Crippen molar-refractivity contribution >= 4 is 22.8 Å². The molecule has 27 heavy (non-hydrogen) atoms. The molecule has 0 spiro atoms. The van der Waals surface area contributed by atoms with Crippen LogP contribution in [0.3, 0.4) is 0 Å². The van der Waals surface area contributed by atoms with Crippen molar-refractivity contribution in [2.75, 3.05) is 19.6 Å². The minimum Gasteiger partial charge on any atom is -0.312 e. The Morgan fingerprint density at radius 3 is 2.74 bits per heavy atom. The van der Waals surface area contributed by atoms with E-state index in [9.17, 15) is 14.4 Å². The molecule has 2 aliphatic rings. The molecule has 0 saturated carbocycles. The smallest absolute Gasteiger partial charge is 0.312 e. The van der Waals surface area contributed by atoms with Gasteiger partial charge in [0.1, 0.15) is 6.04 Å². The SMILES string of the molecule is C[C@@H]1CN(Cc2ccc3c(c2)n(C)c(=O)n3C2CCC(=O)NC2=O)CCN1. The molecule has 2 saturated heterocycles. The Balaban J connectivity index is 1.67. The lowest BCUT2D eigenvalue weighted by molar-refractivity contribution is -0.135. The van der Waals surface area contributed by atoms with Crippen LogP contribution in [0.15, 0.2) is 23.0 Å². The van der Waals surface area contributed by atoms with Crippen LogP contribution in [-0.2, 0) is 23.2 Å². The van der Waals surface area contributed by atoms with Crippen LogP contribution in [0.25, 0.3) is 11.0 Å². The predicted molar refractivity (Wildman–Crippen MR) is 101 cm³/mol. The van der Waals surface area contributed by atoms with Crippen LogP contribution in [0, 0.1) is 0 Å². The monoisotopic (exact) mass is 371 g/mol. The third kappa shape index (κ3) is 3.30. The maximum Gasteiger partial charge on any atom is 0.329 e. The van der Waals surface area contributed by atoms with Crippen LogP contribution in [-0.4, -0.2) is 51.5 Å². The molecular weight excluding hydrogens is 346 g/mol. The Labute approximate surface area is 157 Å². The van der Waals surface area contributed by atoms with Crippen molar-refractivity contribution in [2.45, 2.75) is 38.4 Å². The topological polar surface area (TPSA) is 88.4 Å². The Morgan fingerprint density at radius 1 is 1.19 bits per heavy atom. The first-order chi connectivity index (χ1) is 12.9. The van der Waals surface area contributed by atoms with Crippen LogP contribution < -0.4 is 16.3 Å². The van der Waals surface area contributed by atoms with E-state index in [1.807, 2.05) is 18.2 Å². The van der Waals surface area contributed by atoms with Crippen LogP contribution in [0.2, 0.25) is 0 Å². The molecule has 0 bridgehead atoms. The zero-order valence-electron chi connectivity index (χ0n) is 15.7. The second-order valence-electron chi connectivity index (χ2n) is 7.59. The van der Waals surface area contributed by atoms with Crippen LogP contribution in [0.5, 0.6) is 0 Å². The molecular formula is C19H25N5O3. The van der Waals surface area contributed by atoms with Gasteiger partial charge in [-0.05, 0) is 31.0 Å². The minimum absolute atomic E-state index is 0.229. The van der Waals surface area contributed by atoms with E-state index in [1.54, 1.807) is 11.6 Å². The number of nitrogens with zero attached hydrogens (tertiary/aromatic N) is 3. The van der Waals surface area contributed by atoms with Crippen molar-refractivity contribution in [3.05, 3.63) is 34.2 Å². The second-order valence-corrected chi connectivity index (χ2v) is 7.59. The van der Waals surface area contributed by atoms with E-state index in [0.29, 0.717) is 12.5 Å². The minimum atomic E-state index is -0.640. The van der Waals surface area contributed by atoms with Crippen LogP contribution in [0.4, 0.5) is 0 Å². The van der Waals surface area contributed by atoms with E-state index >= 15 is 0 Å². The summed E-state index contributed by atoms with van der Waals surface area (Å²) in [5.41, 5.74) is 2.46. The second kappa shape index (κ2) is 6.94. The zero-order chi connectivity index (χ0) is 19.1. The lowest BCUT2D eigenvalue weighted by Crippen LogP contribution is -2.48. The maximum atomic E-state index is 12.8. The standard InChI is InChI=1S/C19H25N5O3/c1-12-10-23(8-7-20-12)11-13-3-4-14-16(9-13)22(2)19(27)24(14)15-5-6-17(25)21-18(15)26/h3-4,9,12,15,20H,5-8,10-11H2,1-2H3,(H,21,25,26)/t12-,15?/m1/s1. The van der Waals surface area contributed by atoms with Crippen LogP contribution >= 0.6 is 0 Å². The molecule has 144 valence electrons. The molecule has 1 unspecified atom stereocenters. The Bertz CT molecular complexity index is 960. The van der Waals surface area contributed by atoms with Gasteiger partial charge in [0.05, 0.1) is 11.0 Å². The van der Waals surface area contributed by atoms with Crippen molar-refractivity contribution in [2.24, 2.45) is 7.05 Å². The number of nitrogens with one attached hydrogen (secondary N) is 2. The van der Waals surface area contributed by atoms with Gasteiger partial charge in [-0.3, -0.25) is 28.9 Å². The number of imide groups is 1.